The van der Waals surface area contributed by atoms with E-state index in [1.165, 1.54) is 32.7 Å². The topological polar surface area (TPSA) is 72.3 Å². The molecule has 0 saturated carbocycles. The number of nitrogens with zero attached hydrogens (tertiary/aromatic N) is 6. The standard InChI is InChI=1S/C66H52N6/c1-65(2,3)48-31-35-59-54(39-48)50-21-13-15-23-56(50)71(59)58-34-30-47(64-69-62(44-17-9-7-10-18-44)68-63(70-64)45-19-11-8-12-20-45)37-53(58)52-33-29-46(43-27-25-42(41-67)26-28-43)38-61(52)72-57-24-16-14-22-51(57)55-40-49(66(4,5)6)32-36-60(55)72/h7-40H,1-6H3. The molecule has 0 aliphatic rings. The summed E-state index contributed by atoms with van der Waals surface area (Å²) in [5.41, 5.74) is 16.4. The smallest absolute Gasteiger partial charge is 0.164 e. The summed E-state index contributed by atoms with van der Waals surface area (Å²) < 4.78 is 4.88. The number of fused-ring (bicyclic) bond motifs is 6. The molecule has 0 unspecified atom stereocenters. The Balaban J connectivity index is 1.20. The van der Waals surface area contributed by atoms with E-state index in [2.05, 4.69) is 178 Å². The third-order valence-corrected chi connectivity index (χ3v) is 14.1. The Labute approximate surface area is 420 Å². The fourth-order valence-electron chi connectivity index (χ4n) is 10.3. The molecule has 0 aliphatic heterocycles. The first kappa shape index (κ1) is 44.3. The van der Waals surface area contributed by atoms with E-state index in [9.17, 15) is 5.26 Å². The number of benzene rings is 9. The van der Waals surface area contributed by atoms with Gasteiger partial charge < -0.3 is 9.13 Å². The molecule has 12 rings (SSSR count). The molecule has 0 spiro atoms. The maximum atomic E-state index is 9.77. The fourth-order valence-corrected chi connectivity index (χ4v) is 10.3. The van der Waals surface area contributed by atoms with E-state index in [4.69, 9.17) is 15.0 Å². The van der Waals surface area contributed by atoms with Crippen LogP contribution in [0.4, 0.5) is 0 Å². The zero-order valence-corrected chi connectivity index (χ0v) is 41.3. The summed E-state index contributed by atoms with van der Waals surface area (Å²) in [5, 5.41) is 14.6. The van der Waals surface area contributed by atoms with E-state index in [0.717, 1.165) is 72.4 Å². The van der Waals surface area contributed by atoms with Gasteiger partial charge in [0, 0.05) is 49.4 Å². The lowest BCUT2D eigenvalue weighted by Crippen LogP contribution is -2.10. The molecule has 0 aliphatic carbocycles. The summed E-state index contributed by atoms with van der Waals surface area (Å²) in [6, 6.07) is 75.5. The number of nitriles is 1. The molecule has 0 bridgehead atoms. The minimum Gasteiger partial charge on any atom is -0.309 e. The molecule has 12 aromatic rings. The Morgan fingerprint density at radius 2 is 0.792 bits per heavy atom. The van der Waals surface area contributed by atoms with Crippen molar-refractivity contribution in [3.05, 3.63) is 223 Å². The molecule has 0 fully saturated rings. The van der Waals surface area contributed by atoms with Gasteiger partial charge in [-0.3, -0.25) is 0 Å². The van der Waals surface area contributed by atoms with Crippen molar-refractivity contribution < 1.29 is 0 Å². The lowest BCUT2D eigenvalue weighted by Gasteiger charge is -2.22. The summed E-state index contributed by atoms with van der Waals surface area (Å²) in [6.45, 7) is 13.7. The lowest BCUT2D eigenvalue weighted by molar-refractivity contribution is 0.591. The van der Waals surface area contributed by atoms with Gasteiger partial charge in [-0.1, -0.05) is 175 Å². The molecule has 0 radical (unpaired) electrons. The summed E-state index contributed by atoms with van der Waals surface area (Å²) in [6.07, 6.45) is 0. The van der Waals surface area contributed by atoms with Crippen LogP contribution in [0.15, 0.2) is 206 Å². The van der Waals surface area contributed by atoms with Crippen LogP contribution in [0.3, 0.4) is 0 Å². The van der Waals surface area contributed by atoms with Crippen molar-refractivity contribution in [2.24, 2.45) is 0 Å². The fraction of sp³-hybridized carbons (Fsp3) is 0.121. The van der Waals surface area contributed by atoms with E-state index in [1.807, 2.05) is 84.9 Å². The predicted molar refractivity (Wildman–Crippen MR) is 298 cm³/mol. The van der Waals surface area contributed by atoms with Crippen molar-refractivity contribution in [3.63, 3.8) is 0 Å². The summed E-state index contributed by atoms with van der Waals surface area (Å²) in [4.78, 5) is 15.6. The molecular formula is C66H52N6. The highest BCUT2D eigenvalue weighted by Gasteiger charge is 2.25. The molecule has 0 amide bonds. The second-order valence-corrected chi connectivity index (χ2v) is 20.9. The maximum Gasteiger partial charge on any atom is 0.164 e. The maximum absolute atomic E-state index is 9.77. The van der Waals surface area contributed by atoms with E-state index >= 15 is 0 Å². The summed E-state index contributed by atoms with van der Waals surface area (Å²) in [7, 11) is 0. The van der Waals surface area contributed by atoms with Crippen LogP contribution >= 0.6 is 0 Å². The second-order valence-electron chi connectivity index (χ2n) is 20.9. The Hall–Kier alpha value is -8.92. The Kier molecular flexibility index (Phi) is 10.6. The first-order valence-electron chi connectivity index (χ1n) is 24.7. The van der Waals surface area contributed by atoms with E-state index in [0.29, 0.717) is 23.0 Å². The van der Waals surface area contributed by atoms with Crippen LogP contribution in [0.25, 0.3) is 111 Å². The third-order valence-electron chi connectivity index (χ3n) is 14.1. The average molecular weight is 929 g/mol. The first-order chi connectivity index (χ1) is 34.9. The Bertz CT molecular complexity index is 4040. The summed E-state index contributed by atoms with van der Waals surface area (Å²) >= 11 is 0. The predicted octanol–water partition coefficient (Wildman–Crippen LogP) is 16.9. The molecule has 3 aromatic heterocycles. The van der Waals surface area contributed by atoms with Crippen LogP contribution in [0.1, 0.15) is 58.2 Å². The van der Waals surface area contributed by atoms with E-state index < -0.39 is 0 Å². The van der Waals surface area contributed by atoms with E-state index in [-0.39, 0.29) is 10.8 Å². The van der Waals surface area contributed by atoms with Gasteiger partial charge in [0.2, 0.25) is 0 Å². The van der Waals surface area contributed by atoms with Gasteiger partial charge in [-0.05, 0) is 106 Å². The van der Waals surface area contributed by atoms with Gasteiger partial charge >= 0.3 is 0 Å². The van der Waals surface area contributed by atoms with Crippen LogP contribution in [-0.2, 0) is 10.8 Å². The highest BCUT2D eigenvalue weighted by Crippen LogP contribution is 2.44. The van der Waals surface area contributed by atoms with Crippen molar-refractivity contribution in [1.29, 1.82) is 5.26 Å². The zero-order valence-electron chi connectivity index (χ0n) is 41.3. The van der Waals surface area contributed by atoms with Crippen molar-refractivity contribution in [1.82, 2.24) is 24.1 Å². The van der Waals surface area contributed by atoms with Gasteiger partial charge in [0.15, 0.2) is 17.5 Å². The van der Waals surface area contributed by atoms with Gasteiger partial charge in [0.05, 0.1) is 45.1 Å². The SMILES string of the molecule is CC(C)(C)c1ccc2c(c1)c1ccccc1n2-c1ccc(-c2nc(-c3ccccc3)nc(-c3ccccc3)n2)cc1-c1ccc(-c2ccc(C#N)cc2)cc1-n1c2ccccc2c2cc(C(C)(C)C)ccc21. The van der Waals surface area contributed by atoms with Crippen LogP contribution in [0, 0.1) is 11.3 Å². The van der Waals surface area contributed by atoms with Gasteiger partial charge in [0.1, 0.15) is 0 Å². The number of para-hydroxylation sites is 2. The molecule has 72 heavy (non-hydrogen) atoms. The largest absolute Gasteiger partial charge is 0.309 e. The number of rotatable bonds is 7. The van der Waals surface area contributed by atoms with Gasteiger partial charge in [-0.2, -0.15) is 5.26 Å². The molecule has 6 nitrogen and oxygen atoms in total. The lowest BCUT2D eigenvalue weighted by atomic mass is 9.86. The van der Waals surface area contributed by atoms with Gasteiger partial charge in [-0.15, -0.1) is 0 Å². The third kappa shape index (κ3) is 7.71. The molecular weight excluding hydrogens is 877 g/mol. The Morgan fingerprint density at radius 3 is 1.31 bits per heavy atom. The minimum atomic E-state index is -0.0425. The molecule has 3 heterocycles. The molecule has 0 N–H and O–H groups in total. The molecule has 0 atom stereocenters. The quantitative estimate of drug-likeness (QED) is 0.160. The van der Waals surface area contributed by atoms with Crippen molar-refractivity contribution in [2.45, 2.75) is 52.4 Å². The monoisotopic (exact) mass is 928 g/mol. The van der Waals surface area contributed by atoms with Crippen LogP contribution < -0.4 is 0 Å². The number of hydrogen-bond acceptors (Lipinski definition) is 4. The molecule has 0 saturated heterocycles. The van der Waals surface area contributed by atoms with Crippen molar-refractivity contribution in [2.75, 3.05) is 0 Å². The van der Waals surface area contributed by atoms with Crippen LogP contribution in [0.2, 0.25) is 0 Å². The number of hydrogen-bond donors (Lipinski definition) is 0. The van der Waals surface area contributed by atoms with Crippen LogP contribution in [0.5, 0.6) is 0 Å². The highest BCUT2D eigenvalue weighted by atomic mass is 15.0. The zero-order chi connectivity index (χ0) is 49.3. The minimum absolute atomic E-state index is 0.0342. The second kappa shape index (κ2) is 17.2. The molecule has 346 valence electrons. The number of aromatic nitrogens is 5. The van der Waals surface area contributed by atoms with E-state index in [1.54, 1.807) is 0 Å². The van der Waals surface area contributed by atoms with Crippen molar-refractivity contribution in [3.8, 4) is 73.9 Å². The average Bonchev–Trinajstić information content (AvgIpc) is 3.92. The summed E-state index contributed by atoms with van der Waals surface area (Å²) in [5.74, 6) is 1.79. The molecule has 9 aromatic carbocycles. The van der Waals surface area contributed by atoms with Crippen LogP contribution in [-0.4, -0.2) is 24.1 Å². The van der Waals surface area contributed by atoms with Crippen molar-refractivity contribution >= 4 is 43.6 Å². The molecule has 6 heteroatoms. The highest BCUT2D eigenvalue weighted by molar-refractivity contribution is 6.12. The first-order valence-corrected chi connectivity index (χ1v) is 24.7. The van der Waals surface area contributed by atoms with Gasteiger partial charge in [-0.25, -0.2) is 15.0 Å². The van der Waals surface area contributed by atoms with Gasteiger partial charge in [0.25, 0.3) is 0 Å². The normalized spacial score (nSPS) is 12.0. The Morgan fingerprint density at radius 1 is 0.347 bits per heavy atom.